The SMILES string of the molecule is CCCCOC(=O)N1CCC2(CC1)CN(CC(F)F)C2. The zero-order valence-electron chi connectivity index (χ0n) is 12.1. The van der Waals surface area contributed by atoms with Crippen molar-refractivity contribution in [3.63, 3.8) is 0 Å². The van der Waals surface area contributed by atoms with Crippen molar-refractivity contribution in [3.05, 3.63) is 0 Å². The van der Waals surface area contributed by atoms with E-state index in [2.05, 4.69) is 6.92 Å². The molecular weight excluding hydrogens is 266 g/mol. The summed E-state index contributed by atoms with van der Waals surface area (Å²) in [5.74, 6) is 0. The molecule has 0 saturated carbocycles. The molecule has 0 radical (unpaired) electrons. The highest BCUT2D eigenvalue weighted by atomic mass is 19.3. The summed E-state index contributed by atoms with van der Waals surface area (Å²) in [6, 6.07) is 0. The molecule has 2 rings (SSSR count). The normalized spacial score (nSPS) is 22.1. The molecule has 0 aromatic heterocycles. The van der Waals surface area contributed by atoms with Crippen LogP contribution in [0.15, 0.2) is 0 Å². The average molecular weight is 290 g/mol. The van der Waals surface area contributed by atoms with Crippen LogP contribution in [-0.2, 0) is 4.74 Å². The Labute approximate surface area is 119 Å². The van der Waals surface area contributed by atoms with Crippen molar-refractivity contribution < 1.29 is 18.3 Å². The second-order valence-corrected chi connectivity index (χ2v) is 6.02. The standard InChI is InChI=1S/C14H24F2N2O2/c1-2-3-8-20-13(19)18-6-4-14(5-7-18)10-17(11-14)9-12(15)16/h12H,2-11H2,1H3. The maximum Gasteiger partial charge on any atom is 0.409 e. The minimum Gasteiger partial charge on any atom is -0.449 e. The van der Waals surface area contributed by atoms with Gasteiger partial charge in [0.25, 0.3) is 6.43 Å². The van der Waals surface area contributed by atoms with E-state index in [-0.39, 0.29) is 18.1 Å². The molecule has 0 aromatic carbocycles. The van der Waals surface area contributed by atoms with Crippen molar-refractivity contribution in [2.24, 2.45) is 5.41 Å². The number of hydrogen-bond acceptors (Lipinski definition) is 3. The van der Waals surface area contributed by atoms with Crippen LogP contribution in [0.2, 0.25) is 0 Å². The number of nitrogens with zero attached hydrogens (tertiary/aromatic N) is 2. The average Bonchev–Trinajstić information content (AvgIpc) is 2.37. The van der Waals surface area contributed by atoms with Gasteiger partial charge in [0, 0.05) is 26.2 Å². The van der Waals surface area contributed by atoms with Gasteiger partial charge in [0.15, 0.2) is 0 Å². The number of alkyl halides is 2. The molecule has 2 fully saturated rings. The minimum absolute atomic E-state index is 0.121. The highest BCUT2D eigenvalue weighted by Crippen LogP contribution is 2.40. The predicted molar refractivity (Wildman–Crippen MR) is 71.9 cm³/mol. The van der Waals surface area contributed by atoms with E-state index in [4.69, 9.17) is 4.74 Å². The van der Waals surface area contributed by atoms with E-state index in [9.17, 15) is 13.6 Å². The van der Waals surface area contributed by atoms with Gasteiger partial charge in [-0.15, -0.1) is 0 Å². The van der Waals surface area contributed by atoms with Crippen LogP contribution in [0.25, 0.3) is 0 Å². The van der Waals surface area contributed by atoms with E-state index in [1.165, 1.54) is 0 Å². The molecule has 2 aliphatic rings. The first-order valence-electron chi connectivity index (χ1n) is 7.47. The Kier molecular flexibility index (Phi) is 5.18. The number of carbonyl (C=O) groups is 1. The van der Waals surface area contributed by atoms with E-state index in [0.29, 0.717) is 19.7 Å². The van der Waals surface area contributed by atoms with Gasteiger partial charge in [-0.25, -0.2) is 13.6 Å². The Hall–Kier alpha value is -0.910. The quantitative estimate of drug-likeness (QED) is 0.730. The fourth-order valence-electron chi connectivity index (χ4n) is 3.10. The molecule has 116 valence electrons. The number of unbranched alkanes of at least 4 members (excludes halogenated alkanes) is 1. The molecule has 0 aromatic rings. The summed E-state index contributed by atoms with van der Waals surface area (Å²) in [5, 5.41) is 0. The van der Waals surface area contributed by atoms with Crippen molar-refractivity contribution in [1.82, 2.24) is 9.80 Å². The van der Waals surface area contributed by atoms with Crippen LogP contribution in [0.5, 0.6) is 0 Å². The summed E-state index contributed by atoms with van der Waals surface area (Å²) < 4.78 is 29.7. The Morgan fingerprint density at radius 2 is 1.95 bits per heavy atom. The molecule has 2 saturated heterocycles. The molecule has 0 atom stereocenters. The maximum atomic E-state index is 12.3. The third-order valence-corrected chi connectivity index (χ3v) is 4.32. The Morgan fingerprint density at radius 3 is 2.50 bits per heavy atom. The molecule has 6 heteroatoms. The third kappa shape index (κ3) is 3.81. The number of likely N-dealkylation sites (tertiary alicyclic amines) is 2. The van der Waals surface area contributed by atoms with E-state index in [1.807, 2.05) is 0 Å². The van der Waals surface area contributed by atoms with Crippen molar-refractivity contribution in [3.8, 4) is 0 Å². The monoisotopic (exact) mass is 290 g/mol. The van der Waals surface area contributed by atoms with Crippen LogP contribution in [0, 0.1) is 5.41 Å². The summed E-state index contributed by atoms with van der Waals surface area (Å²) >= 11 is 0. The predicted octanol–water partition coefficient (Wildman–Crippen LogP) is 2.59. The summed E-state index contributed by atoms with van der Waals surface area (Å²) in [6.45, 7) is 5.29. The summed E-state index contributed by atoms with van der Waals surface area (Å²) in [7, 11) is 0. The van der Waals surface area contributed by atoms with Crippen molar-refractivity contribution in [2.45, 2.75) is 39.0 Å². The zero-order chi connectivity index (χ0) is 14.6. The Bertz CT molecular complexity index is 323. The van der Waals surface area contributed by atoms with Gasteiger partial charge in [-0.3, -0.25) is 4.90 Å². The van der Waals surface area contributed by atoms with Gasteiger partial charge < -0.3 is 9.64 Å². The van der Waals surface area contributed by atoms with E-state index >= 15 is 0 Å². The van der Waals surface area contributed by atoms with Gasteiger partial charge in [0.2, 0.25) is 0 Å². The number of halogens is 2. The number of hydrogen-bond donors (Lipinski definition) is 0. The van der Waals surface area contributed by atoms with Crippen LogP contribution in [0.4, 0.5) is 13.6 Å². The summed E-state index contributed by atoms with van der Waals surface area (Å²) in [5.41, 5.74) is 0.162. The number of ether oxygens (including phenoxy) is 1. The largest absolute Gasteiger partial charge is 0.449 e. The minimum atomic E-state index is -2.25. The van der Waals surface area contributed by atoms with Crippen LogP contribution < -0.4 is 0 Å². The zero-order valence-corrected chi connectivity index (χ0v) is 12.1. The number of piperidine rings is 1. The lowest BCUT2D eigenvalue weighted by molar-refractivity contribution is -0.0665. The fraction of sp³-hybridized carbons (Fsp3) is 0.929. The topological polar surface area (TPSA) is 32.8 Å². The van der Waals surface area contributed by atoms with Crippen LogP contribution >= 0.6 is 0 Å². The molecule has 0 aliphatic carbocycles. The molecule has 0 unspecified atom stereocenters. The van der Waals surface area contributed by atoms with E-state index in [1.54, 1.807) is 9.80 Å². The van der Waals surface area contributed by atoms with E-state index < -0.39 is 6.43 Å². The van der Waals surface area contributed by atoms with Gasteiger partial charge in [0.1, 0.15) is 0 Å². The number of carbonyl (C=O) groups excluding carboxylic acids is 1. The molecule has 4 nitrogen and oxygen atoms in total. The first kappa shape index (κ1) is 15.5. The molecule has 0 bridgehead atoms. The molecule has 2 aliphatic heterocycles. The van der Waals surface area contributed by atoms with Crippen molar-refractivity contribution in [1.29, 1.82) is 0 Å². The van der Waals surface area contributed by atoms with Crippen LogP contribution in [-0.4, -0.2) is 61.6 Å². The molecule has 1 amide bonds. The highest BCUT2D eigenvalue weighted by molar-refractivity contribution is 5.67. The second-order valence-electron chi connectivity index (χ2n) is 6.02. The van der Waals surface area contributed by atoms with Gasteiger partial charge in [-0.05, 0) is 24.7 Å². The van der Waals surface area contributed by atoms with Gasteiger partial charge >= 0.3 is 6.09 Å². The molecular formula is C14H24F2N2O2. The van der Waals surface area contributed by atoms with Gasteiger partial charge in [0.05, 0.1) is 13.2 Å². The summed E-state index contributed by atoms with van der Waals surface area (Å²) in [4.78, 5) is 15.3. The second kappa shape index (κ2) is 6.70. The van der Waals surface area contributed by atoms with Gasteiger partial charge in [-0.1, -0.05) is 13.3 Å². The molecule has 20 heavy (non-hydrogen) atoms. The van der Waals surface area contributed by atoms with Crippen LogP contribution in [0.1, 0.15) is 32.6 Å². The smallest absolute Gasteiger partial charge is 0.409 e. The Morgan fingerprint density at radius 1 is 1.30 bits per heavy atom. The lowest BCUT2D eigenvalue weighted by atomic mass is 9.72. The first-order chi connectivity index (χ1) is 9.54. The number of rotatable bonds is 5. The maximum absolute atomic E-state index is 12.3. The van der Waals surface area contributed by atoms with E-state index in [0.717, 1.165) is 38.8 Å². The third-order valence-electron chi connectivity index (χ3n) is 4.32. The number of amides is 1. The molecule has 2 heterocycles. The first-order valence-corrected chi connectivity index (χ1v) is 7.47. The molecule has 1 spiro atoms. The highest BCUT2D eigenvalue weighted by Gasteiger charge is 2.45. The lowest BCUT2D eigenvalue weighted by Gasteiger charge is -2.53. The van der Waals surface area contributed by atoms with Crippen molar-refractivity contribution in [2.75, 3.05) is 39.3 Å². The fourth-order valence-corrected chi connectivity index (χ4v) is 3.10. The van der Waals surface area contributed by atoms with Crippen molar-refractivity contribution >= 4 is 6.09 Å². The molecule has 0 N–H and O–H groups in total. The Balaban J connectivity index is 1.67. The summed E-state index contributed by atoms with van der Waals surface area (Å²) in [6.07, 6.45) is 1.23. The van der Waals surface area contributed by atoms with Crippen LogP contribution in [0.3, 0.4) is 0 Å². The van der Waals surface area contributed by atoms with Gasteiger partial charge in [-0.2, -0.15) is 0 Å². The lowest BCUT2D eigenvalue weighted by Crippen LogP contribution is -2.61.